The molecule has 1 unspecified atom stereocenters. The van der Waals surface area contributed by atoms with E-state index < -0.39 is 0 Å². The average molecular weight is 302 g/mol. The van der Waals surface area contributed by atoms with E-state index in [9.17, 15) is 4.79 Å². The number of nitrogens with one attached hydrogen (secondary N) is 1. The molecule has 0 radical (unpaired) electrons. The third kappa shape index (κ3) is 2.91. The van der Waals surface area contributed by atoms with Crippen molar-refractivity contribution in [1.82, 2.24) is 9.88 Å². The first-order valence-corrected chi connectivity index (χ1v) is 7.70. The summed E-state index contributed by atoms with van der Waals surface area (Å²) in [7, 11) is 0. The van der Waals surface area contributed by atoms with Crippen LogP contribution >= 0.6 is 11.3 Å². The number of fused-ring (bicyclic) bond motifs is 1. The molecule has 0 fully saturated rings. The first kappa shape index (κ1) is 14.0. The first-order chi connectivity index (χ1) is 10.0. The molecule has 1 aliphatic rings. The lowest BCUT2D eigenvalue weighted by atomic mass is 10.2. The number of aryl methyl sites for hydroxylation is 1. The molecule has 1 atom stereocenters. The topological polar surface area (TPSA) is 71.2 Å². The normalized spacial score (nSPS) is 15.7. The molecule has 0 aliphatic carbocycles. The molecule has 0 saturated heterocycles. The summed E-state index contributed by atoms with van der Waals surface area (Å²) < 4.78 is 0. The molecule has 0 spiro atoms. The van der Waals surface area contributed by atoms with E-state index in [0.29, 0.717) is 11.7 Å². The van der Waals surface area contributed by atoms with E-state index >= 15 is 0 Å². The highest BCUT2D eigenvalue weighted by Crippen LogP contribution is 2.30. The standard InChI is InChI=1S/C15H18N4OS/c1-9-3-5-11(6-4-9)17-14(20)10(2)19-7-12-13(8-19)21-15(16)18-12/h3-6,10H,7-8H2,1-2H3,(H2,16,18)(H,17,20). The second kappa shape index (κ2) is 5.46. The van der Waals surface area contributed by atoms with Gasteiger partial charge in [-0.1, -0.05) is 17.7 Å². The fourth-order valence-corrected chi connectivity index (χ4v) is 3.27. The van der Waals surface area contributed by atoms with Gasteiger partial charge in [-0.3, -0.25) is 9.69 Å². The third-order valence-electron chi connectivity index (χ3n) is 3.74. The summed E-state index contributed by atoms with van der Waals surface area (Å²) in [6.07, 6.45) is 0. The molecule has 2 aromatic rings. The van der Waals surface area contributed by atoms with Gasteiger partial charge in [0.15, 0.2) is 5.13 Å². The van der Waals surface area contributed by atoms with Crippen molar-refractivity contribution >= 4 is 28.1 Å². The highest BCUT2D eigenvalue weighted by atomic mass is 32.1. The number of aromatic nitrogens is 1. The van der Waals surface area contributed by atoms with Crippen molar-refractivity contribution in [3.63, 3.8) is 0 Å². The van der Waals surface area contributed by atoms with Crippen LogP contribution < -0.4 is 11.1 Å². The van der Waals surface area contributed by atoms with E-state index in [4.69, 9.17) is 5.73 Å². The number of benzene rings is 1. The summed E-state index contributed by atoms with van der Waals surface area (Å²) >= 11 is 1.51. The van der Waals surface area contributed by atoms with Crippen LogP contribution in [0.15, 0.2) is 24.3 Å². The number of amides is 1. The lowest BCUT2D eigenvalue weighted by molar-refractivity contribution is -0.120. The van der Waals surface area contributed by atoms with Crippen LogP contribution in [0.2, 0.25) is 0 Å². The maximum absolute atomic E-state index is 12.3. The van der Waals surface area contributed by atoms with Crippen molar-refractivity contribution in [3.05, 3.63) is 40.4 Å². The van der Waals surface area contributed by atoms with Gasteiger partial charge < -0.3 is 11.1 Å². The molecule has 6 heteroatoms. The number of hydrogen-bond donors (Lipinski definition) is 2. The van der Waals surface area contributed by atoms with Crippen LogP contribution in [0.5, 0.6) is 0 Å². The van der Waals surface area contributed by atoms with Crippen LogP contribution in [-0.2, 0) is 17.9 Å². The van der Waals surface area contributed by atoms with Crippen molar-refractivity contribution in [1.29, 1.82) is 0 Å². The highest BCUT2D eigenvalue weighted by molar-refractivity contribution is 7.15. The van der Waals surface area contributed by atoms with Crippen LogP contribution in [0.25, 0.3) is 0 Å². The fraction of sp³-hybridized carbons (Fsp3) is 0.333. The Hall–Kier alpha value is -1.92. The molecule has 3 N–H and O–H groups in total. The average Bonchev–Trinajstić information content (AvgIpc) is 2.97. The van der Waals surface area contributed by atoms with E-state index in [1.165, 1.54) is 21.8 Å². The number of carbonyl (C=O) groups is 1. The maximum Gasteiger partial charge on any atom is 0.241 e. The molecule has 110 valence electrons. The van der Waals surface area contributed by atoms with E-state index in [0.717, 1.165) is 17.9 Å². The fourth-order valence-electron chi connectivity index (χ4n) is 2.41. The van der Waals surface area contributed by atoms with Crippen LogP contribution in [-0.4, -0.2) is 21.8 Å². The predicted octanol–water partition coefficient (Wildman–Crippen LogP) is 2.38. The number of carbonyl (C=O) groups excluding carboxylic acids is 1. The minimum atomic E-state index is -0.200. The molecule has 1 aromatic heterocycles. The first-order valence-electron chi connectivity index (χ1n) is 6.88. The lowest BCUT2D eigenvalue weighted by Gasteiger charge is -2.22. The summed E-state index contributed by atoms with van der Waals surface area (Å²) in [4.78, 5) is 19.9. The Morgan fingerprint density at radius 3 is 2.76 bits per heavy atom. The Bertz CT molecular complexity index is 641. The van der Waals surface area contributed by atoms with E-state index in [1.807, 2.05) is 38.1 Å². The monoisotopic (exact) mass is 302 g/mol. The number of anilines is 2. The number of rotatable bonds is 3. The van der Waals surface area contributed by atoms with Crippen molar-refractivity contribution < 1.29 is 4.79 Å². The zero-order valence-electron chi connectivity index (χ0n) is 12.1. The zero-order valence-corrected chi connectivity index (χ0v) is 12.9. The van der Waals surface area contributed by atoms with Gasteiger partial charge in [0.05, 0.1) is 11.7 Å². The summed E-state index contributed by atoms with van der Waals surface area (Å²) in [5.74, 6) is 0.00183. The van der Waals surface area contributed by atoms with Gasteiger partial charge >= 0.3 is 0 Å². The van der Waals surface area contributed by atoms with Gasteiger partial charge in [-0.05, 0) is 26.0 Å². The molecule has 0 saturated carbocycles. The third-order valence-corrected chi connectivity index (χ3v) is 4.65. The van der Waals surface area contributed by atoms with E-state index in [-0.39, 0.29) is 11.9 Å². The van der Waals surface area contributed by atoms with Crippen molar-refractivity contribution in [2.75, 3.05) is 11.1 Å². The van der Waals surface area contributed by atoms with Crippen LogP contribution in [0.1, 0.15) is 23.1 Å². The van der Waals surface area contributed by atoms with E-state index in [2.05, 4.69) is 15.2 Å². The molecule has 21 heavy (non-hydrogen) atoms. The minimum absolute atomic E-state index is 0.00183. The van der Waals surface area contributed by atoms with Gasteiger partial charge in [0, 0.05) is 23.7 Å². The molecular weight excluding hydrogens is 284 g/mol. The van der Waals surface area contributed by atoms with Crippen molar-refractivity contribution in [2.24, 2.45) is 0 Å². The number of nitrogens with zero attached hydrogens (tertiary/aromatic N) is 2. The molecule has 0 bridgehead atoms. The van der Waals surface area contributed by atoms with Gasteiger partial charge in [-0.15, -0.1) is 11.3 Å². The quantitative estimate of drug-likeness (QED) is 0.913. The van der Waals surface area contributed by atoms with Gasteiger partial charge in [-0.2, -0.15) is 0 Å². The summed E-state index contributed by atoms with van der Waals surface area (Å²) in [6, 6.07) is 7.61. The summed E-state index contributed by atoms with van der Waals surface area (Å²) in [5, 5.41) is 3.56. The second-order valence-electron chi connectivity index (χ2n) is 5.36. The van der Waals surface area contributed by atoms with Crippen molar-refractivity contribution in [3.8, 4) is 0 Å². The Morgan fingerprint density at radius 2 is 2.10 bits per heavy atom. The molecule has 1 aromatic carbocycles. The SMILES string of the molecule is Cc1ccc(NC(=O)C(C)N2Cc3nc(N)sc3C2)cc1. The molecule has 5 nitrogen and oxygen atoms in total. The Morgan fingerprint density at radius 1 is 1.38 bits per heavy atom. The molecular formula is C15H18N4OS. The second-order valence-corrected chi connectivity index (χ2v) is 6.47. The lowest BCUT2D eigenvalue weighted by Crippen LogP contribution is -2.38. The summed E-state index contributed by atoms with van der Waals surface area (Å²) in [6.45, 7) is 5.37. The molecule has 1 aliphatic heterocycles. The molecule has 2 heterocycles. The highest BCUT2D eigenvalue weighted by Gasteiger charge is 2.30. The number of nitrogens with two attached hydrogens (primary N) is 1. The van der Waals surface area contributed by atoms with Gasteiger partial charge in [0.25, 0.3) is 0 Å². The van der Waals surface area contributed by atoms with Gasteiger partial charge in [0.2, 0.25) is 5.91 Å². The maximum atomic E-state index is 12.3. The predicted molar refractivity (Wildman–Crippen MR) is 85.0 cm³/mol. The number of thiazole rings is 1. The minimum Gasteiger partial charge on any atom is -0.375 e. The summed E-state index contributed by atoms with van der Waals surface area (Å²) in [5.41, 5.74) is 8.70. The van der Waals surface area contributed by atoms with Crippen LogP contribution in [0.3, 0.4) is 0 Å². The molecule has 3 rings (SSSR count). The van der Waals surface area contributed by atoms with Crippen LogP contribution in [0.4, 0.5) is 10.8 Å². The van der Waals surface area contributed by atoms with E-state index in [1.54, 1.807) is 0 Å². The van der Waals surface area contributed by atoms with Crippen LogP contribution in [0, 0.1) is 6.92 Å². The smallest absolute Gasteiger partial charge is 0.241 e. The zero-order chi connectivity index (χ0) is 15.0. The molecule has 1 amide bonds. The number of hydrogen-bond acceptors (Lipinski definition) is 5. The van der Waals surface area contributed by atoms with Gasteiger partial charge in [0.1, 0.15) is 0 Å². The van der Waals surface area contributed by atoms with Crippen molar-refractivity contribution in [2.45, 2.75) is 33.0 Å². The Labute approximate surface area is 127 Å². The Kier molecular flexibility index (Phi) is 3.65. The Balaban J connectivity index is 1.63. The van der Waals surface area contributed by atoms with Gasteiger partial charge in [-0.25, -0.2) is 4.98 Å². The number of nitrogen functional groups attached to an aromatic ring is 1. The largest absolute Gasteiger partial charge is 0.375 e.